The first-order chi connectivity index (χ1) is 13.6. The highest BCUT2D eigenvalue weighted by Gasteiger charge is 2.44. The average Bonchev–Trinajstić information content (AvgIpc) is 2.71. The Balaban J connectivity index is 1.36. The number of aromatic amines is 1. The van der Waals surface area contributed by atoms with Crippen LogP contribution >= 0.6 is 0 Å². The summed E-state index contributed by atoms with van der Waals surface area (Å²) in [4.78, 5) is 41.3. The van der Waals surface area contributed by atoms with Gasteiger partial charge in [0, 0.05) is 37.5 Å². The molecule has 7 nitrogen and oxygen atoms in total. The number of nitrogens with zero attached hydrogens (tertiary/aromatic N) is 3. The van der Waals surface area contributed by atoms with Crippen LogP contribution in [0.4, 0.5) is 0 Å². The maximum atomic E-state index is 13.1. The lowest BCUT2D eigenvalue weighted by molar-refractivity contribution is -0.148. The van der Waals surface area contributed by atoms with Crippen LogP contribution in [-0.2, 0) is 16.0 Å². The van der Waals surface area contributed by atoms with E-state index in [1.54, 1.807) is 6.07 Å². The van der Waals surface area contributed by atoms with E-state index in [9.17, 15) is 14.4 Å². The number of H-pyrrole nitrogens is 1. The summed E-state index contributed by atoms with van der Waals surface area (Å²) < 4.78 is 0. The Kier molecular flexibility index (Phi) is 4.18. The van der Waals surface area contributed by atoms with Crippen molar-refractivity contribution in [1.29, 1.82) is 0 Å². The maximum Gasteiger partial charge on any atom is 0.272 e. The number of nitrogens with one attached hydrogen (secondary N) is 1. The monoisotopic (exact) mass is 380 g/mol. The maximum absolute atomic E-state index is 13.1. The van der Waals surface area contributed by atoms with Gasteiger partial charge >= 0.3 is 0 Å². The van der Waals surface area contributed by atoms with Gasteiger partial charge in [-0.15, -0.1) is 0 Å². The second-order valence-electron chi connectivity index (χ2n) is 8.39. The molecule has 3 atom stereocenters. The van der Waals surface area contributed by atoms with Crippen LogP contribution in [0.25, 0.3) is 10.8 Å². The summed E-state index contributed by atoms with van der Waals surface area (Å²) in [5.74, 6) is 1.08. The molecule has 0 aliphatic carbocycles. The number of likely N-dealkylation sites (tertiary alicyclic amines) is 1. The molecule has 0 saturated carbocycles. The molecule has 2 aromatic rings. The van der Waals surface area contributed by atoms with Gasteiger partial charge < -0.3 is 9.80 Å². The summed E-state index contributed by atoms with van der Waals surface area (Å²) in [6.45, 7) is 2.20. The first-order valence-electron chi connectivity index (χ1n) is 10.1. The first-order valence-corrected chi connectivity index (χ1v) is 10.1. The third-order valence-corrected chi connectivity index (χ3v) is 6.63. The predicted molar refractivity (Wildman–Crippen MR) is 104 cm³/mol. The van der Waals surface area contributed by atoms with Gasteiger partial charge in [-0.3, -0.25) is 14.4 Å². The molecule has 1 aromatic carbocycles. The van der Waals surface area contributed by atoms with Crippen LogP contribution in [0.15, 0.2) is 29.1 Å². The number of carbonyl (C=O) groups excluding carboxylic acids is 2. The number of fused-ring (bicyclic) bond motifs is 5. The highest BCUT2D eigenvalue weighted by Crippen LogP contribution is 2.38. The number of benzene rings is 1. The van der Waals surface area contributed by atoms with Crippen LogP contribution in [0.3, 0.4) is 0 Å². The Bertz CT molecular complexity index is 1000. The van der Waals surface area contributed by atoms with Crippen molar-refractivity contribution in [3.63, 3.8) is 0 Å². The molecule has 0 radical (unpaired) electrons. The largest absolute Gasteiger partial charge is 0.342 e. The minimum absolute atomic E-state index is 0.0509. The molecule has 4 heterocycles. The van der Waals surface area contributed by atoms with Gasteiger partial charge in [-0.25, -0.2) is 5.10 Å². The van der Waals surface area contributed by atoms with E-state index in [0.717, 1.165) is 31.2 Å². The van der Waals surface area contributed by atoms with E-state index in [1.807, 2.05) is 23.1 Å². The summed E-state index contributed by atoms with van der Waals surface area (Å²) in [7, 11) is 0. The molecule has 5 rings (SSSR count). The van der Waals surface area contributed by atoms with Crippen LogP contribution in [0, 0.1) is 11.8 Å². The molecular formula is C21H24N4O3. The highest BCUT2D eigenvalue weighted by atomic mass is 16.2. The fourth-order valence-electron chi connectivity index (χ4n) is 5.37. The van der Waals surface area contributed by atoms with E-state index in [0.29, 0.717) is 48.5 Å². The fourth-order valence-corrected chi connectivity index (χ4v) is 5.37. The molecular weight excluding hydrogens is 356 g/mol. The van der Waals surface area contributed by atoms with Crippen LogP contribution in [0.2, 0.25) is 0 Å². The molecule has 3 aliphatic heterocycles. The second kappa shape index (κ2) is 6.72. The summed E-state index contributed by atoms with van der Waals surface area (Å²) in [5.41, 5.74) is 0.381. The van der Waals surface area contributed by atoms with E-state index in [-0.39, 0.29) is 23.8 Å². The predicted octanol–water partition coefficient (Wildman–Crippen LogP) is 1.32. The molecule has 28 heavy (non-hydrogen) atoms. The van der Waals surface area contributed by atoms with Crippen molar-refractivity contribution in [2.75, 3.05) is 19.6 Å². The third kappa shape index (κ3) is 2.89. The number of carbonyl (C=O) groups is 2. The van der Waals surface area contributed by atoms with Gasteiger partial charge in [0.1, 0.15) is 0 Å². The Labute approximate surface area is 162 Å². The number of amides is 2. The minimum Gasteiger partial charge on any atom is -0.342 e. The van der Waals surface area contributed by atoms with Crippen LogP contribution in [0.5, 0.6) is 0 Å². The molecule has 0 unspecified atom stereocenters. The van der Waals surface area contributed by atoms with Gasteiger partial charge in [-0.2, -0.15) is 5.10 Å². The van der Waals surface area contributed by atoms with E-state index in [2.05, 4.69) is 15.1 Å². The lowest BCUT2D eigenvalue weighted by atomic mass is 9.76. The zero-order valence-corrected chi connectivity index (χ0v) is 15.8. The molecule has 2 bridgehead atoms. The quantitative estimate of drug-likeness (QED) is 0.852. The second-order valence-corrected chi connectivity index (χ2v) is 8.39. The Morgan fingerprint density at radius 1 is 1.14 bits per heavy atom. The molecule has 2 amide bonds. The molecule has 1 aromatic heterocycles. The Morgan fingerprint density at radius 3 is 2.82 bits per heavy atom. The normalized spacial score (nSPS) is 27.0. The van der Waals surface area contributed by atoms with E-state index in [1.165, 1.54) is 0 Å². The van der Waals surface area contributed by atoms with Crippen molar-refractivity contribution in [1.82, 2.24) is 20.0 Å². The van der Waals surface area contributed by atoms with Crippen LogP contribution < -0.4 is 5.56 Å². The molecule has 3 fully saturated rings. The average molecular weight is 380 g/mol. The number of piperidine rings is 3. The van der Waals surface area contributed by atoms with Crippen LogP contribution in [-0.4, -0.2) is 57.5 Å². The number of rotatable bonds is 2. The number of hydrogen-bond donors (Lipinski definition) is 1. The van der Waals surface area contributed by atoms with Crippen molar-refractivity contribution in [3.8, 4) is 0 Å². The first kappa shape index (κ1) is 17.4. The zero-order chi connectivity index (χ0) is 19.3. The van der Waals surface area contributed by atoms with Crippen molar-refractivity contribution in [2.45, 2.75) is 38.1 Å². The lowest BCUT2D eigenvalue weighted by Gasteiger charge is -2.52. The summed E-state index contributed by atoms with van der Waals surface area (Å²) >= 11 is 0. The smallest absolute Gasteiger partial charge is 0.272 e. The molecule has 3 saturated heterocycles. The standard InChI is InChI=1S/C21H24N4O3/c26-19-7-3-6-18-14-8-13(11-25(18)19)10-24(12-14)20(27)9-17-15-4-1-2-5-16(15)21(28)23-22-17/h1-2,4-5,13-14,18H,3,6-12H2,(H,23,28)/t13-,14+,18-/m1/s1. The zero-order valence-electron chi connectivity index (χ0n) is 15.8. The van der Waals surface area contributed by atoms with E-state index < -0.39 is 0 Å². The molecule has 7 heteroatoms. The minimum atomic E-state index is -0.235. The van der Waals surface area contributed by atoms with Gasteiger partial charge in [0.25, 0.3) is 5.56 Å². The Morgan fingerprint density at radius 2 is 1.96 bits per heavy atom. The van der Waals surface area contributed by atoms with Gasteiger partial charge in [0.05, 0.1) is 17.5 Å². The third-order valence-electron chi connectivity index (χ3n) is 6.63. The fraction of sp³-hybridized carbons (Fsp3) is 0.524. The van der Waals surface area contributed by atoms with Crippen molar-refractivity contribution >= 4 is 22.6 Å². The van der Waals surface area contributed by atoms with Crippen molar-refractivity contribution in [3.05, 3.63) is 40.3 Å². The van der Waals surface area contributed by atoms with E-state index >= 15 is 0 Å². The van der Waals surface area contributed by atoms with Gasteiger partial charge in [0.2, 0.25) is 11.8 Å². The summed E-state index contributed by atoms with van der Waals surface area (Å²) in [6, 6.07) is 7.56. The number of hydrogen-bond acceptors (Lipinski definition) is 4. The summed E-state index contributed by atoms with van der Waals surface area (Å²) in [6.07, 6.45) is 3.98. The molecule has 0 spiro atoms. The summed E-state index contributed by atoms with van der Waals surface area (Å²) in [5, 5.41) is 7.96. The van der Waals surface area contributed by atoms with Crippen molar-refractivity contribution < 1.29 is 9.59 Å². The van der Waals surface area contributed by atoms with Gasteiger partial charge in [-0.1, -0.05) is 18.2 Å². The van der Waals surface area contributed by atoms with Crippen molar-refractivity contribution in [2.24, 2.45) is 11.8 Å². The molecule has 1 N–H and O–H groups in total. The topological polar surface area (TPSA) is 86.4 Å². The lowest BCUT2D eigenvalue weighted by Crippen LogP contribution is -2.61. The van der Waals surface area contributed by atoms with Crippen LogP contribution in [0.1, 0.15) is 31.4 Å². The number of aromatic nitrogens is 2. The molecule has 3 aliphatic rings. The van der Waals surface area contributed by atoms with Gasteiger partial charge in [0.15, 0.2) is 0 Å². The Hall–Kier alpha value is -2.70. The highest BCUT2D eigenvalue weighted by molar-refractivity contribution is 5.88. The molecule has 146 valence electrons. The SMILES string of the molecule is O=C(Cc1n[nH]c(=O)c2ccccc12)N1C[C@H]2C[C@@H](C1)[C@H]1CCCC(=O)N1C2. The van der Waals surface area contributed by atoms with Gasteiger partial charge in [-0.05, 0) is 37.2 Å². The van der Waals surface area contributed by atoms with E-state index in [4.69, 9.17) is 0 Å².